The summed E-state index contributed by atoms with van der Waals surface area (Å²) >= 11 is 0. The van der Waals surface area contributed by atoms with Gasteiger partial charge in [0.15, 0.2) is 0 Å². The van der Waals surface area contributed by atoms with Gasteiger partial charge in [-0.3, -0.25) is 9.59 Å². The summed E-state index contributed by atoms with van der Waals surface area (Å²) in [5, 5.41) is 11.0. The number of hydrogen-bond donors (Lipinski definition) is 1. The number of carbonyl (C=O) groups excluding carboxylic acids is 2. The largest absolute Gasteiger partial charge is 0.458 e. The van der Waals surface area contributed by atoms with E-state index in [0.29, 0.717) is 18.8 Å². The Morgan fingerprint density at radius 2 is 1.96 bits per heavy atom. The highest BCUT2D eigenvalue weighted by molar-refractivity contribution is 5.91. The third kappa shape index (κ3) is 3.41. The first-order valence-electron chi connectivity index (χ1n) is 9.47. The minimum Gasteiger partial charge on any atom is -0.458 e. The SMILES string of the molecule is C/C1=C/CC[C@@H](C)[C@H]2CC[C@](C)(O2)[C@@H](O)[C@H]2OC(=O)[C@H](C)[C@H]2C(=O)C1. The molecule has 5 heteroatoms. The fraction of sp³-hybridized carbons (Fsp3) is 0.800. The first kappa shape index (κ1) is 18.6. The molecule has 0 spiro atoms. The molecule has 3 rings (SSSR count). The molecule has 2 fully saturated rings. The summed E-state index contributed by atoms with van der Waals surface area (Å²) < 4.78 is 11.7. The molecule has 0 aromatic heterocycles. The number of aliphatic hydroxyl groups is 1. The van der Waals surface area contributed by atoms with Gasteiger partial charge in [0.2, 0.25) is 0 Å². The van der Waals surface area contributed by atoms with Gasteiger partial charge in [-0.05, 0) is 45.4 Å². The lowest BCUT2D eigenvalue weighted by Crippen LogP contribution is -2.51. The molecule has 0 aliphatic carbocycles. The Morgan fingerprint density at radius 1 is 1.24 bits per heavy atom. The van der Waals surface area contributed by atoms with Crippen molar-refractivity contribution in [1.29, 1.82) is 0 Å². The fourth-order valence-corrected chi connectivity index (χ4v) is 4.57. The van der Waals surface area contributed by atoms with Crippen LogP contribution in [0.25, 0.3) is 0 Å². The second-order valence-electron chi connectivity index (χ2n) is 8.42. The van der Waals surface area contributed by atoms with Crippen LogP contribution in [-0.4, -0.2) is 40.8 Å². The van der Waals surface area contributed by atoms with Crippen LogP contribution in [0.2, 0.25) is 0 Å². The van der Waals surface area contributed by atoms with E-state index in [4.69, 9.17) is 9.47 Å². The minimum absolute atomic E-state index is 0.0263. The van der Waals surface area contributed by atoms with Crippen molar-refractivity contribution in [1.82, 2.24) is 0 Å². The summed E-state index contributed by atoms with van der Waals surface area (Å²) in [6, 6.07) is 0. The maximum absolute atomic E-state index is 12.9. The van der Waals surface area contributed by atoms with E-state index in [0.717, 1.165) is 24.8 Å². The van der Waals surface area contributed by atoms with Crippen molar-refractivity contribution in [3.8, 4) is 0 Å². The average Bonchev–Trinajstić information content (AvgIpc) is 3.08. The highest BCUT2D eigenvalue weighted by atomic mass is 16.6. The third-order valence-electron chi connectivity index (χ3n) is 6.37. The smallest absolute Gasteiger partial charge is 0.309 e. The molecule has 140 valence electrons. The van der Waals surface area contributed by atoms with E-state index in [9.17, 15) is 14.7 Å². The number of ether oxygens (including phenoxy) is 2. The van der Waals surface area contributed by atoms with Crippen LogP contribution in [0, 0.1) is 17.8 Å². The molecule has 25 heavy (non-hydrogen) atoms. The van der Waals surface area contributed by atoms with Crippen LogP contribution in [0.15, 0.2) is 11.6 Å². The van der Waals surface area contributed by atoms with Crippen molar-refractivity contribution >= 4 is 11.8 Å². The maximum Gasteiger partial charge on any atom is 0.309 e. The quantitative estimate of drug-likeness (QED) is 0.537. The monoisotopic (exact) mass is 350 g/mol. The number of esters is 1. The lowest BCUT2D eigenvalue weighted by Gasteiger charge is -2.36. The lowest BCUT2D eigenvalue weighted by molar-refractivity contribution is -0.171. The molecule has 2 bridgehead atoms. The number of allylic oxidation sites excluding steroid dienone is 2. The number of carbonyl (C=O) groups is 2. The van der Waals surface area contributed by atoms with Gasteiger partial charge in [-0.25, -0.2) is 0 Å². The molecule has 5 nitrogen and oxygen atoms in total. The normalized spacial score (nSPS) is 47.8. The molecule has 3 aliphatic heterocycles. The predicted molar refractivity (Wildman–Crippen MR) is 92.8 cm³/mol. The van der Waals surface area contributed by atoms with Crippen LogP contribution in [-0.2, 0) is 19.1 Å². The number of ketones is 1. The molecule has 0 radical (unpaired) electrons. The van der Waals surface area contributed by atoms with Crippen molar-refractivity contribution in [2.24, 2.45) is 17.8 Å². The van der Waals surface area contributed by atoms with Gasteiger partial charge in [0.05, 0.1) is 23.5 Å². The number of hydrogen-bond acceptors (Lipinski definition) is 5. The highest BCUT2D eigenvalue weighted by Gasteiger charge is 2.55. The molecule has 1 N–H and O–H groups in total. The van der Waals surface area contributed by atoms with Crippen LogP contribution >= 0.6 is 0 Å². The van der Waals surface area contributed by atoms with E-state index in [-0.39, 0.29) is 11.9 Å². The molecule has 7 atom stereocenters. The van der Waals surface area contributed by atoms with Gasteiger partial charge < -0.3 is 14.6 Å². The van der Waals surface area contributed by atoms with Crippen LogP contribution in [0.5, 0.6) is 0 Å². The van der Waals surface area contributed by atoms with E-state index in [2.05, 4.69) is 13.0 Å². The van der Waals surface area contributed by atoms with Crippen LogP contribution in [0.4, 0.5) is 0 Å². The van der Waals surface area contributed by atoms with E-state index >= 15 is 0 Å². The van der Waals surface area contributed by atoms with Gasteiger partial charge in [0.25, 0.3) is 0 Å². The van der Waals surface area contributed by atoms with Crippen molar-refractivity contribution in [3.05, 3.63) is 11.6 Å². The molecule has 2 saturated heterocycles. The summed E-state index contributed by atoms with van der Waals surface area (Å²) in [4.78, 5) is 25.0. The van der Waals surface area contributed by atoms with Crippen LogP contribution in [0.3, 0.4) is 0 Å². The molecular weight excluding hydrogens is 320 g/mol. The Morgan fingerprint density at radius 3 is 2.68 bits per heavy atom. The molecule has 3 aliphatic rings. The molecule has 0 aromatic rings. The van der Waals surface area contributed by atoms with Crippen molar-refractivity contribution in [2.45, 2.75) is 83.7 Å². The summed E-state index contributed by atoms with van der Waals surface area (Å²) in [5.74, 6) is -1.17. The lowest BCUT2D eigenvalue weighted by atomic mass is 9.79. The second kappa shape index (κ2) is 6.84. The zero-order chi connectivity index (χ0) is 18.4. The zero-order valence-electron chi connectivity index (χ0n) is 15.7. The second-order valence-corrected chi connectivity index (χ2v) is 8.42. The number of rotatable bonds is 0. The summed E-state index contributed by atoms with van der Waals surface area (Å²) in [5.41, 5.74) is 0.247. The first-order valence-corrected chi connectivity index (χ1v) is 9.47. The summed E-state index contributed by atoms with van der Waals surface area (Å²) in [6.45, 7) is 7.74. The van der Waals surface area contributed by atoms with Gasteiger partial charge in [-0.15, -0.1) is 0 Å². The average molecular weight is 350 g/mol. The minimum atomic E-state index is -0.988. The van der Waals surface area contributed by atoms with Gasteiger partial charge in [0, 0.05) is 6.42 Å². The number of fused-ring (bicyclic) bond motifs is 3. The molecular formula is C20H30O5. The molecule has 3 heterocycles. The molecule has 0 amide bonds. The Kier molecular flexibility index (Phi) is 5.09. The van der Waals surface area contributed by atoms with Gasteiger partial charge in [0.1, 0.15) is 18.0 Å². The Balaban J connectivity index is 1.95. The standard InChI is InChI=1S/C20H30O5/c1-11-6-5-7-12(2)15-8-9-20(4,25-15)18(22)17-16(14(21)10-11)13(3)19(23)24-17/h6,12-13,15-18,22H,5,7-10H2,1-4H3/b11-6-/t12-,13-,15-,16+,17+,18+,20+/m1/s1. The zero-order valence-corrected chi connectivity index (χ0v) is 15.7. The molecule has 0 aromatic carbocycles. The van der Waals surface area contributed by atoms with E-state index < -0.39 is 35.6 Å². The van der Waals surface area contributed by atoms with Gasteiger partial charge in [-0.1, -0.05) is 25.5 Å². The predicted octanol–water partition coefficient (Wildman–Crippen LogP) is 2.80. The Bertz CT molecular complexity index is 583. The van der Waals surface area contributed by atoms with E-state index in [1.807, 2.05) is 13.8 Å². The molecule has 0 unspecified atom stereocenters. The summed E-state index contributed by atoms with van der Waals surface area (Å²) in [7, 11) is 0. The summed E-state index contributed by atoms with van der Waals surface area (Å²) in [6.07, 6.45) is 4.23. The fourth-order valence-electron chi connectivity index (χ4n) is 4.57. The van der Waals surface area contributed by atoms with Gasteiger partial charge >= 0.3 is 5.97 Å². The van der Waals surface area contributed by atoms with Crippen molar-refractivity contribution in [2.75, 3.05) is 0 Å². The van der Waals surface area contributed by atoms with Crippen molar-refractivity contribution in [3.63, 3.8) is 0 Å². The molecule has 0 saturated carbocycles. The van der Waals surface area contributed by atoms with Crippen LogP contribution in [0.1, 0.15) is 59.8 Å². The van der Waals surface area contributed by atoms with Crippen LogP contribution < -0.4 is 0 Å². The number of Topliss-reactive ketones (excluding diaryl/α,β-unsaturated/α-hetero) is 1. The maximum atomic E-state index is 12.9. The van der Waals surface area contributed by atoms with E-state index in [1.54, 1.807) is 6.92 Å². The highest BCUT2D eigenvalue weighted by Crippen LogP contribution is 2.43. The van der Waals surface area contributed by atoms with E-state index in [1.165, 1.54) is 0 Å². The Labute approximate surface area is 149 Å². The number of aliphatic hydroxyl groups excluding tert-OH is 1. The van der Waals surface area contributed by atoms with Gasteiger partial charge in [-0.2, -0.15) is 0 Å². The Hall–Kier alpha value is -1.20. The first-order chi connectivity index (χ1) is 11.7. The third-order valence-corrected chi connectivity index (χ3v) is 6.37. The van der Waals surface area contributed by atoms with Crippen molar-refractivity contribution < 1.29 is 24.2 Å². The topological polar surface area (TPSA) is 72.8 Å².